The Morgan fingerprint density at radius 2 is 1.71 bits per heavy atom. The molecule has 1 aromatic carbocycles. The van der Waals surface area contributed by atoms with E-state index in [1.807, 2.05) is 0 Å². The molecule has 2 unspecified atom stereocenters. The Kier molecular flexibility index (Phi) is 4.85. The van der Waals surface area contributed by atoms with Gasteiger partial charge in [-0.2, -0.15) is 0 Å². The van der Waals surface area contributed by atoms with E-state index in [2.05, 4.69) is 0 Å². The van der Waals surface area contributed by atoms with Crippen LogP contribution in [0.15, 0.2) is 29.2 Å². The minimum Gasteiger partial charge on any atom is -0.481 e. The van der Waals surface area contributed by atoms with Crippen molar-refractivity contribution in [3.63, 3.8) is 0 Å². The Hall–Kier alpha value is -1.76. The van der Waals surface area contributed by atoms with Crippen molar-refractivity contribution < 1.29 is 27.5 Å². The van der Waals surface area contributed by atoms with Gasteiger partial charge in [0.25, 0.3) is 0 Å². The van der Waals surface area contributed by atoms with Crippen molar-refractivity contribution in [2.24, 2.45) is 34.5 Å². The highest BCUT2D eigenvalue weighted by Crippen LogP contribution is 2.64. The van der Waals surface area contributed by atoms with Gasteiger partial charge >= 0.3 is 5.97 Å². The quantitative estimate of drug-likeness (QED) is 0.642. The second kappa shape index (κ2) is 7.12. The molecule has 0 heterocycles. The van der Waals surface area contributed by atoms with E-state index in [0.29, 0.717) is 49.9 Å². The summed E-state index contributed by atoms with van der Waals surface area (Å²) in [6.07, 6.45) is 6.28. The zero-order valence-electron chi connectivity index (χ0n) is 17.6. The highest BCUT2D eigenvalue weighted by Gasteiger charge is 2.60. The molecule has 1 aromatic rings. The molecule has 6 rings (SSSR count). The summed E-state index contributed by atoms with van der Waals surface area (Å²) in [4.78, 5) is 24.9. The van der Waals surface area contributed by atoms with E-state index in [4.69, 9.17) is 0 Å². The van der Waals surface area contributed by atoms with Gasteiger partial charge in [-0.05, 0) is 87.2 Å². The molecule has 31 heavy (non-hydrogen) atoms. The lowest BCUT2D eigenvalue weighted by Crippen LogP contribution is -2.54. The average Bonchev–Trinajstić information content (AvgIpc) is 3.50. The van der Waals surface area contributed by atoms with Crippen molar-refractivity contribution in [1.82, 2.24) is 0 Å². The maximum absolute atomic E-state index is 14.0. The number of sulfone groups is 1. The summed E-state index contributed by atoms with van der Waals surface area (Å²) < 4.78 is 39.2. The fourth-order valence-corrected chi connectivity index (χ4v) is 8.64. The monoisotopic (exact) mass is 448 g/mol. The van der Waals surface area contributed by atoms with Crippen molar-refractivity contribution in [3.05, 3.63) is 30.1 Å². The molecule has 5 aliphatic rings. The van der Waals surface area contributed by atoms with Gasteiger partial charge in [-0.15, -0.1) is 0 Å². The molecule has 0 spiro atoms. The minimum absolute atomic E-state index is 0.137. The van der Waals surface area contributed by atoms with Gasteiger partial charge in [0.05, 0.1) is 11.2 Å². The Bertz CT molecular complexity index is 1010. The Morgan fingerprint density at radius 3 is 2.29 bits per heavy atom. The first-order chi connectivity index (χ1) is 14.6. The highest BCUT2D eigenvalue weighted by atomic mass is 32.2. The molecule has 5 fully saturated rings. The van der Waals surface area contributed by atoms with E-state index in [9.17, 15) is 27.5 Å². The molecule has 0 saturated heterocycles. The van der Waals surface area contributed by atoms with E-state index in [0.717, 1.165) is 25.3 Å². The lowest BCUT2D eigenvalue weighted by molar-refractivity contribution is -0.171. The van der Waals surface area contributed by atoms with Crippen LogP contribution in [-0.2, 0) is 19.4 Å². The smallest absolute Gasteiger partial charge is 0.309 e. The maximum atomic E-state index is 14.0. The number of benzene rings is 1. The van der Waals surface area contributed by atoms with E-state index in [1.165, 1.54) is 18.2 Å². The summed E-state index contributed by atoms with van der Waals surface area (Å²) in [7, 11) is -3.78. The lowest BCUT2D eigenvalue weighted by atomic mass is 9.45. The number of carboxylic acid groups (broad SMARTS) is 1. The third kappa shape index (κ3) is 3.53. The van der Waals surface area contributed by atoms with Crippen molar-refractivity contribution in [3.8, 4) is 0 Å². The molecule has 5 saturated carbocycles. The number of carboxylic acids is 1. The van der Waals surface area contributed by atoms with Crippen molar-refractivity contribution in [2.75, 3.05) is 5.75 Å². The van der Waals surface area contributed by atoms with Gasteiger partial charge in [-0.1, -0.05) is 12.1 Å². The number of hydrogen-bond donors (Lipinski definition) is 1. The molecule has 4 bridgehead atoms. The van der Waals surface area contributed by atoms with Gasteiger partial charge < -0.3 is 5.11 Å². The first kappa shape index (κ1) is 21.1. The SMILES string of the molecule is O=C(O)C12CC3CC(C1)C(CC(=O)C1(CCS(=O)(=O)c4ccccc4F)CC1)C(C3)C2. The van der Waals surface area contributed by atoms with E-state index in [1.54, 1.807) is 0 Å². The van der Waals surface area contributed by atoms with E-state index < -0.39 is 32.5 Å². The molecule has 0 amide bonds. The fraction of sp³-hybridized carbons (Fsp3) is 0.667. The topological polar surface area (TPSA) is 88.5 Å². The lowest BCUT2D eigenvalue weighted by Gasteiger charge is -2.58. The summed E-state index contributed by atoms with van der Waals surface area (Å²) in [5.74, 6) is -0.209. The molecule has 5 nitrogen and oxygen atoms in total. The zero-order valence-corrected chi connectivity index (χ0v) is 18.4. The second-order valence-corrected chi connectivity index (χ2v) is 12.7. The summed E-state index contributed by atoms with van der Waals surface area (Å²) in [6, 6.07) is 5.38. The van der Waals surface area contributed by atoms with Gasteiger partial charge in [-0.3, -0.25) is 9.59 Å². The molecule has 2 atom stereocenters. The molecular formula is C24H29FO5S. The normalized spacial score (nSPS) is 35.1. The van der Waals surface area contributed by atoms with Crippen LogP contribution >= 0.6 is 0 Å². The minimum atomic E-state index is -3.78. The molecule has 0 radical (unpaired) electrons. The number of halogens is 1. The van der Waals surface area contributed by atoms with Crippen LogP contribution in [0.2, 0.25) is 0 Å². The predicted octanol–water partition coefficient (Wildman–Crippen LogP) is 4.26. The van der Waals surface area contributed by atoms with Gasteiger partial charge in [0.1, 0.15) is 16.5 Å². The van der Waals surface area contributed by atoms with Crippen LogP contribution in [0, 0.1) is 40.3 Å². The van der Waals surface area contributed by atoms with Crippen LogP contribution in [0.4, 0.5) is 4.39 Å². The standard InChI is InChI=1S/C24H29FO5S/c25-19-3-1-2-4-20(19)31(29,30)8-7-23(5-6-23)21(26)11-18-16-9-15-10-17(18)14-24(12-15,13-16)22(27)28/h1-4,15-18H,5-14H2,(H,27,28). The third-order valence-corrected chi connectivity index (χ3v) is 10.6. The number of ketones is 1. The van der Waals surface area contributed by atoms with Crippen LogP contribution in [0.3, 0.4) is 0 Å². The number of Topliss-reactive ketones (excluding diaryl/α,β-unsaturated/α-hetero) is 1. The van der Waals surface area contributed by atoms with Crippen LogP contribution in [0.25, 0.3) is 0 Å². The first-order valence-electron chi connectivity index (χ1n) is 11.4. The molecule has 7 heteroatoms. The number of hydrogen-bond acceptors (Lipinski definition) is 4. The van der Waals surface area contributed by atoms with Crippen LogP contribution in [0.5, 0.6) is 0 Å². The number of carbonyl (C=O) groups is 2. The molecule has 0 aliphatic heterocycles. The summed E-state index contributed by atoms with van der Waals surface area (Å²) >= 11 is 0. The molecule has 0 aromatic heterocycles. The number of rotatable bonds is 8. The van der Waals surface area contributed by atoms with Gasteiger partial charge in [-0.25, -0.2) is 12.8 Å². The summed E-state index contributed by atoms with van der Waals surface area (Å²) in [6.45, 7) is 0. The van der Waals surface area contributed by atoms with E-state index >= 15 is 0 Å². The summed E-state index contributed by atoms with van der Waals surface area (Å²) in [5, 5.41) is 9.80. The molecular weight excluding hydrogens is 419 g/mol. The summed E-state index contributed by atoms with van der Waals surface area (Å²) in [5.41, 5.74) is -1.17. The van der Waals surface area contributed by atoms with Crippen molar-refractivity contribution in [2.45, 2.75) is 62.7 Å². The Labute approximate surface area is 182 Å². The molecule has 5 aliphatic carbocycles. The van der Waals surface area contributed by atoms with Gasteiger partial charge in [0.15, 0.2) is 9.84 Å². The second-order valence-electron chi connectivity index (χ2n) is 10.6. The van der Waals surface area contributed by atoms with Gasteiger partial charge in [0.2, 0.25) is 0 Å². The highest BCUT2D eigenvalue weighted by molar-refractivity contribution is 7.91. The van der Waals surface area contributed by atoms with Gasteiger partial charge in [0, 0.05) is 11.8 Å². The largest absolute Gasteiger partial charge is 0.481 e. The van der Waals surface area contributed by atoms with Crippen LogP contribution < -0.4 is 0 Å². The number of carbonyl (C=O) groups excluding carboxylic acids is 1. The van der Waals surface area contributed by atoms with E-state index in [-0.39, 0.29) is 28.8 Å². The average molecular weight is 449 g/mol. The van der Waals surface area contributed by atoms with Crippen LogP contribution in [-0.4, -0.2) is 31.0 Å². The number of aliphatic carboxylic acids is 1. The fourth-order valence-electron chi connectivity index (χ4n) is 7.11. The third-order valence-electron chi connectivity index (χ3n) is 8.81. The predicted molar refractivity (Wildman–Crippen MR) is 111 cm³/mol. The Balaban J connectivity index is 1.25. The molecule has 168 valence electrons. The van der Waals surface area contributed by atoms with Crippen molar-refractivity contribution in [1.29, 1.82) is 0 Å². The van der Waals surface area contributed by atoms with Crippen molar-refractivity contribution >= 4 is 21.6 Å². The van der Waals surface area contributed by atoms with Crippen LogP contribution in [0.1, 0.15) is 57.8 Å². The molecule has 1 N–H and O–H groups in total. The first-order valence-corrected chi connectivity index (χ1v) is 13.0. The Morgan fingerprint density at radius 1 is 1.06 bits per heavy atom. The maximum Gasteiger partial charge on any atom is 0.309 e. The zero-order chi connectivity index (χ0) is 22.0.